The zero-order valence-corrected chi connectivity index (χ0v) is 16.5. The van der Waals surface area contributed by atoms with Crippen LogP contribution in [-0.2, 0) is 0 Å². The summed E-state index contributed by atoms with van der Waals surface area (Å²) in [6.07, 6.45) is 3.92. The van der Waals surface area contributed by atoms with Gasteiger partial charge in [-0.1, -0.05) is 25.1 Å². The van der Waals surface area contributed by atoms with Gasteiger partial charge in [-0.25, -0.2) is 0 Å². The van der Waals surface area contributed by atoms with E-state index in [9.17, 15) is 0 Å². The molecule has 138 valence electrons. The van der Waals surface area contributed by atoms with E-state index in [2.05, 4.69) is 57.4 Å². The second-order valence-electron chi connectivity index (χ2n) is 7.08. The minimum atomic E-state index is 0.675. The Balaban J connectivity index is 1.43. The number of hydrogen-bond acceptors (Lipinski definition) is 3. The Morgan fingerprint density at radius 3 is 2.84 bits per heavy atom. The van der Waals surface area contributed by atoms with Crippen LogP contribution in [0.25, 0.3) is 0 Å². The van der Waals surface area contributed by atoms with Crippen LogP contribution in [0.3, 0.4) is 0 Å². The molecule has 0 spiro atoms. The third-order valence-corrected chi connectivity index (χ3v) is 6.67. The van der Waals surface area contributed by atoms with E-state index in [4.69, 9.17) is 0 Å². The Bertz CT molecular complexity index is 548. The number of guanidine groups is 1. The van der Waals surface area contributed by atoms with Gasteiger partial charge in [-0.05, 0) is 50.4 Å². The zero-order chi connectivity index (χ0) is 17.5. The van der Waals surface area contributed by atoms with Crippen molar-refractivity contribution in [2.45, 2.75) is 37.1 Å². The van der Waals surface area contributed by atoms with Crippen LogP contribution in [0.15, 0.2) is 40.2 Å². The fourth-order valence-corrected chi connectivity index (χ4v) is 5.03. The van der Waals surface area contributed by atoms with E-state index in [0.717, 1.165) is 38.1 Å². The van der Waals surface area contributed by atoms with Crippen molar-refractivity contribution in [1.82, 2.24) is 15.1 Å². The van der Waals surface area contributed by atoms with Crippen molar-refractivity contribution in [3.8, 4) is 0 Å². The van der Waals surface area contributed by atoms with Gasteiger partial charge < -0.3 is 10.2 Å². The van der Waals surface area contributed by atoms with Gasteiger partial charge in [0, 0.05) is 43.4 Å². The summed E-state index contributed by atoms with van der Waals surface area (Å²) in [5.74, 6) is 3.04. The molecule has 2 aliphatic rings. The average molecular weight is 361 g/mol. The number of nitrogens with zero attached hydrogens (tertiary/aromatic N) is 3. The summed E-state index contributed by atoms with van der Waals surface area (Å²) < 4.78 is 0. The molecule has 2 saturated heterocycles. The Kier molecular flexibility index (Phi) is 7.05. The maximum Gasteiger partial charge on any atom is 0.193 e. The highest BCUT2D eigenvalue weighted by molar-refractivity contribution is 7.99. The number of aliphatic imine (C=N–C) groups is 1. The van der Waals surface area contributed by atoms with Gasteiger partial charge in [0.05, 0.1) is 0 Å². The first-order valence-corrected chi connectivity index (χ1v) is 10.7. The Morgan fingerprint density at radius 2 is 2.08 bits per heavy atom. The summed E-state index contributed by atoms with van der Waals surface area (Å²) in [5.41, 5.74) is 0. The first-order valence-electron chi connectivity index (χ1n) is 9.67. The van der Waals surface area contributed by atoms with Gasteiger partial charge in [0.25, 0.3) is 0 Å². The maximum atomic E-state index is 4.54. The zero-order valence-electron chi connectivity index (χ0n) is 15.7. The van der Waals surface area contributed by atoms with Gasteiger partial charge in [-0.15, -0.1) is 11.8 Å². The second-order valence-corrected chi connectivity index (χ2v) is 8.17. The van der Waals surface area contributed by atoms with Crippen LogP contribution in [-0.4, -0.2) is 67.3 Å². The lowest BCUT2D eigenvalue weighted by atomic mass is 10.2. The highest BCUT2D eigenvalue weighted by Gasteiger charge is 2.27. The first-order chi connectivity index (χ1) is 12.3. The molecule has 2 fully saturated rings. The molecular weight excluding hydrogens is 328 g/mol. The molecule has 2 aliphatic heterocycles. The summed E-state index contributed by atoms with van der Waals surface area (Å²) in [4.78, 5) is 11.0. The molecule has 2 unspecified atom stereocenters. The van der Waals surface area contributed by atoms with Gasteiger partial charge in [0.15, 0.2) is 5.96 Å². The summed E-state index contributed by atoms with van der Waals surface area (Å²) in [7, 11) is 1.92. The molecule has 2 heterocycles. The minimum Gasteiger partial charge on any atom is -0.355 e. The first kappa shape index (κ1) is 18.6. The van der Waals surface area contributed by atoms with E-state index < -0.39 is 0 Å². The third kappa shape index (κ3) is 5.14. The van der Waals surface area contributed by atoms with Gasteiger partial charge >= 0.3 is 0 Å². The number of rotatable bonds is 6. The number of likely N-dealkylation sites (tertiary alicyclic amines) is 2. The van der Waals surface area contributed by atoms with Crippen LogP contribution in [0.4, 0.5) is 0 Å². The lowest BCUT2D eigenvalue weighted by Gasteiger charge is -2.27. The molecule has 1 aromatic rings. The number of thioether (sulfide) groups is 1. The van der Waals surface area contributed by atoms with E-state index in [-0.39, 0.29) is 0 Å². The third-order valence-electron chi connectivity index (χ3n) is 5.43. The molecule has 0 amide bonds. The van der Waals surface area contributed by atoms with E-state index in [0.29, 0.717) is 6.04 Å². The molecule has 0 bridgehead atoms. The fraction of sp³-hybridized carbons (Fsp3) is 0.650. The fourth-order valence-electron chi connectivity index (χ4n) is 3.98. The predicted octanol–water partition coefficient (Wildman–Crippen LogP) is 3.16. The van der Waals surface area contributed by atoms with Crippen LogP contribution in [0, 0.1) is 5.92 Å². The normalized spacial score (nSPS) is 24.9. The van der Waals surface area contributed by atoms with E-state index in [1.807, 2.05) is 18.8 Å². The molecule has 3 rings (SSSR count). The molecule has 0 aromatic heterocycles. The van der Waals surface area contributed by atoms with Gasteiger partial charge in [0.2, 0.25) is 0 Å². The molecule has 0 radical (unpaired) electrons. The van der Waals surface area contributed by atoms with Gasteiger partial charge in [-0.2, -0.15) is 0 Å². The van der Waals surface area contributed by atoms with E-state index in [1.54, 1.807) is 0 Å². The molecule has 5 heteroatoms. The topological polar surface area (TPSA) is 30.9 Å². The SMILES string of the molecule is CCN1CCCC1CNC(=NC)N1CCC(CSc2ccccc2)C1. The van der Waals surface area contributed by atoms with Gasteiger partial charge in [-0.3, -0.25) is 9.89 Å². The van der Waals surface area contributed by atoms with Crippen molar-refractivity contribution < 1.29 is 0 Å². The van der Waals surface area contributed by atoms with Crippen LogP contribution >= 0.6 is 11.8 Å². The lowest BCUT2D eigenvalue weighted by Crippen LogP contribution is -2.46. The number of nitrogens with one attached hydrogen (secondary N) is 1. The highest BCUT2D eigenvalue weighted by Crippen LogP contribution is 2.26. The summed E-state index contributed by atoms with van der Waals surface area (Å²) in [6, 6.07) is 11.4. The van der Waals surface area contributed by atoms with Crippen LogP contribution in [0.1, 0.15) is 26.2 Å². The van der Waals surface area contributed by atoms with Crippen molar-refractivity contribution in [3.05, 3.63) is 30.3 Å². The van der Waals surface area contributed by atoms with E-state index >= 15 is 0 Å². The molecule has 0 aliphatic carbocycles. The average Bonchev–Trinajstić information content (AvgIpc) is 3.31. The summed E-state index contributed by atoms with van der Waals surface area (Å²) in [6.45, 7) is 7.96. The number of benzene rings is 1. The molecule has 2 atom stereocenters. The Morgan fingerprint density at radius 1 is 1.24 bits per heavy atom. The number of likely N-dealkylation sites (N-methyl/N-ethyl adjacent to an activating group) is 1. The lowest BCUT2D eigenvalue weighted by molar-refractivity contribution is 0.265. The standard InChI is InChI=1S/C20H32N4S/c1-3-23-12-7-8-18(23)14-22-20(21-2)24-13-11-17(15-24)16-25-19-9-5-4-6-10-19/h4-6,9-10,17-18H,3,7-8,11-16H2,1-2H3,(H,21,22). The van der Waals surface area contributed by atoms with Crippen molar-refractivity contribution in [1.29, 1.82) is 0 Å². The molecule has 25 heavy (non-hydrogen) atoms. The van der Waals surface area contributed by atoms with Crippen molar-refractivity contribution >= 4 is 17.7 Å². The minimum absolute atomic E-state index is 0.675. The molecule has 1 aromatic carbocycles. The van der Waals surface area contributed by atoms with E-state index in [1.165, 1.54) is 36.5 Å². The molecule has 0 saturated carbocycles. The van der Waals surface area contributed by atoms with Crippen molar-refractivity contribution in [2.24, 2.45) is 10.9 Å². The molecule has 1 N–H and O–H groups in total. The smallest absolute Gasteiger partial charge is 0.193 e. The van der Waals surface area contributed by atoms with Gasteiger partial charge in [0.1, 0.15) is 0 Å². The second kappa shape index (κ2) is 9.48. The predicted molar refractivity (Wildman–Crippen MR) is 108 cm³/mol. The van der Waals surface area contributed by atoms with Crippen molar-refractivity contribution in [3.63, 3.8) is 0 Å². The Labute approximate surface area is 157 Å². The monoisotopic (exact) mass is 360 g/mol. The largest absolute Gasteiger partial charge is 0.355 e. The van der Waals surface area contributed by atoms with Crippen LogP contribution in [0.5, 0.6) is 0 Å². The Hall–Kier alpha value is -1.20. The number of hydrogen-bond donors (Lipinski definition) is 1. The summed E-state index contributed by atoms with van der Waals surface area (Å²) in [5, 5.41) is 3.64. The summed E-state index contributed by atoms with van der Waals surface area (Å²) >= 11 is 1.98. The van der Waals surface area contributed by atoms with Crippen LogP contribution in [0.2, 0.25) is 0 Å². The van der Waals surface area contributed by atoms with Crippen molar-refractivity contribution in [2.75, 3.05) is 45.5 Å². The maximum absolute atomic E-state index is 4.54. The quantitative estimate of drug-likeness (QED) is 0.480. The molecule has 4 nitrogen and oxygen atoms in total. The molecular formula is C20H32N4S. The van der Waals surface area contributed by atoms with Crippen LogP contribution < -0.4 is 5.32 Å². The highest BCUT2D eigenvalue weighted by atomic mass is 32.2.